The average molecular weight is 294 g/mol. The molecule has 22 heavy (non-hydrogen) atoms. The molecule has 0 saturated heterocycles. The van der Waals surface area contributed by atoms with Crippen molar-refractivity contribution < 1.29 is 9.53 Å². The van der Waals surface area contributed by atoms with E-state index >= 15 is 0 Å². The first-order valence-corrected chi connectivity index (χ1v) is 7.80. The van der Waals surface area contributed by atoms with E-state index in [2.05, 4.69) is 11.1 Å². The second-order valence-corrected chi connectivity index (χ2v) is 5.97. The van der Waals surface area contributed by atoms with Gasteiger partial charge in [-0.3, -0.25) is 4.79 Å². The number of fused-ring (bicyclic) bond motifs is 1. The van der Waals surface area contributed by atoms with Gasteiger partial charge in [0.25, 0.3) is 5.91 Å². The van der Waals surface area contributed by atoms with E-state index < -0.39 is 0 Å². The molecule has 1 aliphatic carbocycles. The van der Waals surface area contributed by atoms with Crippen LogP contribution in [0, 0.1) is 5.92 Å². The van der Waals surface area contributed by atoms with Crippen LogP contribution in [0.2, 0.25) is 0 Å². The summed E-state index contributed by atoms with van der Waals surface area (Å²) in [6.45, 7) is 1.44. The third-order valence-electron chi connectivity index (χ3n) is 4.28. The molecule has 1 fully saturated rings. The summed E-state index contributed by atoms with van der Waals surface area (Å²) in [5.41, 5.74) is 2.89. The van der Waals surface area contributed by atoms with Crippen LogP contribution >= 0.6 is 0 Å². The second-order valence-electron chi connectivity index (χ2n) is 5.97. The van der Waals surface area contributed by atoms with E-state index in [1.54, 1.807) is 18.3 Å². The Morgan fingerprint density at radius 3 is 3.00 bits per heavy atom. The molecule has 0 unspecified atom stereocenters. The van der Waals surface area contributed by atoms with Gasteiger partial charge in [0.1, 0.15) is 0 Å². The Balaban J connectivity index is 1.54. The number of aromatic nitrogens is 1. The van der Waals surface area contributed by atoms with E-state index in [1.165, 1.54) is 18.4 Å². The van der Waals surface area contributed by atoms with Crippen molar-refractivity contribution in [3.8, 4) is 5.88 Å². The molecule has 0 N–H and O–H groups in total. The largest absolute Gasteiger partial charge is 0.477 e. The molecule has 2 aliphatic rings. The van der Waals surface area contributed by atoms with E-state index in [4.69, 9.17) is 4.74 Å². The monoisotopic (exact) mass is 294 g/mol. The number of pyridine rings is 1. The zero-order valence-electron chi connectivity index (χ0n) is 12.4. The minimum Gasteiger partial charge on any atom is -0.477 e. The van der Waals surface area contributed by atoms with Crippen molar-refractivity contribution in [3.63, 3.8) is 0 Å². The number of carbonyl (C=O) groups excluding carboxylic acids is 1. The van der Waals surface area contributed by atoms with Gasteiger partial charge in [-0.2, -0.15) is 0 Å². The molecule has 0 bridgehead atoms. The first-order chi connectivity index (χ1) is 10.8. The van der Waals surface area contributed by atoms with Crippen LogP contribution in [0.1, 0.15) is 28.8 Å². The lowest BCUT2D eigenvalue weighted by Gasteiger charge is -2.17. The molecule has 2 aromatic rings. The second kappa shape index (κ2) is 5.44. The average Bonchev–Trinajstić information content (AvgIpc) is 3.30. The maximum atomic E-state index is 12.8. The third kappa shape index (κ3) is 2.56. The van der Waals surface area contributed by atoms with Gasteiger partial charge in [-0.15, -0.1) is 0 Å². The number of nitrogens with zero attached hydrogens (tertiary/aromatic N) is 2. The fourth-order valence-corrected chi connectivity index (χ4v) is 2.81. The minimum atomic E-state index is 0.0172. The summed E-state index contributed by atoms with van der Waals surface area (Å²) in [7, 11) is 0. The Labute approximate surface area is 129 Å². The molecular weight excluding hydrogens is 276 g/mol. The van der Waals surface area contributed by atoms with Gasteiger partial charge in [0.15, 0.2) is 0 Å². The highest BCUT2D eigenvalue weighted by atomic mass is 16.5. The summed E-state index contributed by atoms with van der Waals surface area (Å²) in [5.74, 6) is 1.24. The first kappa shape index (κ1) is 13.3. The van der Waals surface area contributed by atoms with Gasteiger partial charge in [-0.25, -0.2) is 4.98 Å². The van der Waals surface area contributed by atoms with Crippen LogP contribution in [0.3, 0.4) is 0 Å². The normalized spacial score (nSPS) is 16.5. The quantitative estimate of drug-likeness (QED) is 0.870. The van der Waals surface area contributed by atoms with Crippen molar-refractivity contribution in [1.29, 1.82) is 0 Å². The molecule has 112 valence electrons. The molecule has 4 rings (SSSR count). The van der Waals surface area contributed by atoms with Crippen molar-refractivity contribution in [3.05, 3.63) is 53.7 Å². The number of rotatable bonds is 4. The van der Waals surface area contributed by atoms with E-state index in [0.717, 1.165) is 18.7 Å². The number of benzene rings is 1. The molecule has 4 nitrogen and oxygen atoms in total. The molecule has 0 radical (unpaired) electrons. The molecule has 1 amide bonds. The van der Waals surface area contributed by atoms with Crippen molar-refractivity contribution in [2.24, 2.45) is 5.92 Å². The summed E-state index contributed by atoms with van der Waals surface area (Å²) in [6, 6.07) is 11.6. The first-order valence-electron chi connectivity index (χ1n) is 7.80. The summed E-state index contributed by atoms with van der Waals surface area (Å²) in [6.07, 6.45) is 5.04. The summed E-state index contributed by atoms with van der Waals surface area (Å²) >= 11 is 0. The zero-order valence-corrected chi connectivity index (χ0v) is 12.4. The zero-order chi connectivity index (χ0) is 14.9. The van der Waals surface area contributed by atoms with Crippen molar-refractivity contribution >= 4 is 11.6 Å². The van der Waals surface area contributed by atoms with E-state index in [9.17, 15) is 4.79 Å². The van der Waals surface area contributed by atoms with Crippen LogP contribution in [0.25, 0.3) is 0 Å². The Hall–Kier alpha value is -2.36. The highest BCUT2D eigenvalue weighted by Gasteiger charge is 2.26. The van der Waals surface area contributed by atoms with Crippen LogP contribution in [-0.4, -0.2) is 24.0 Å². The van der Waals surface area contributed by atoms with Gasteiger partial charge in [-0.1, -0.05) is 18.2 Å². The number of hydrogen-bond donors (Lipinski definition) is 0. The predicted octanol–water partition coefficient (Wildman–Crippen LogP) is 3.07. The molecular formula is C18H18N2O2. The van der Waals surface area contributed by atoms with Gasteiger partial charge in [-0.05, 0) is 42.9 Å². The Kier molecular flexibility index (Phi) is 3.29. The lowest BCUT2D eigenvalue weighted by Crippen LogP contribution is -2.28. The van der Waals surface area contributed by atoms with Crippen LogP contribution in [0.4, 0.5) is 5.69 Å². The van der Waals surface area contributed by atoms with E-state index in [1.807, 2.05) is 23.1 Å². The topological polar surface area (TPSA) is 42.4 Å². The van der Waals surface area contributed by atoms with E-state index in [-0.39, 0.29) is 5.91 Å². The molecule has 2 heterocycles. The molecule has 1 saturated carbocycles. The number of ether oxygens (including phenoxy) is 1. The molecule has 0 atom stereocenters. The van der Waals surface area contributed by atoms with Gasteiger partial charge >= 0.3 is 0 Å². The van der Waals surface area contributed by atoms with Gasteiger partial charge in [0.2, 0.25) is 5.88 Å². The number of anilines is 1. The van der Waals surface area contributed by atoms with Crippen LogP contribution in [0.15, 0.2) is 42.6 Å². The van der Waals surface area contributed by atoms with Crippen molar-refractivity contribution in [2.45, 2.75) is 19.3 Å². The van der Waals surface area contributed by atoms with Gasteiger partial charge in [0.05, 0.1) is 6.61 Å². The van der Waals surface area contributed by atoms with Crippen LogP contribution < -0.4 is 9.64 Å². The molecule has 1 aromatic heterocycles. The van der Waals surface area contributed by atoms with Crippen LogP contribution in [-0.2, 0) is 6.42 Å². The number of para-hydroxylation sites is 1. The standard InChI is InChI=1S/C18H18N2O2/c21-18(20-10-8-14-3-1-2-4-16(14)20)15-7-9-19-17(11-15)22-12-13-5-6-13/h1-4,7,9,11,13H,5-6,8,10,12H2. The number of amides is 1. The lowest BCUT2D eigenvalue weighted by atomic mass is 10.2. The molecule has 0 spiro atoms. The Morgan fingerprint density at radius 1 is 1.27 bits per heavy atom. The Bertz CT molecular complexity index is 710. The SMILES string of the molecule is O=C(c1ccnc(OCC2CC2)c1)N1CCc2ccccc21. The summed E-state index contributed by atoms with van der Waals surface area (Å²) in [4.78, 5) is 18.8. The maximum absolute atomic E-state index is 12.8. The fourth-order valence-electron chi connectivity index (χ4n) is 2.81. The fraction of sp³-hybridized carbons (Fsp3) is 0.333. The number of hydrogen-bond acceptors (Lipinski definition) is 3. The predicted molar refractivity (Wildman–Crippen MR) is 84.3 cm³/mol. The molecule has 1 aliphatic heterocycles. The van der Waals surface area contributed by atoms with E-state index in [0.29, 0.717) is 24.0 Å². The highest BCUT2D eigenvalue weighted by Crippen LogP contribution is 2.30. The Morgan fingerprint density at radius 2 is 2.14 bits per heavy atom. The van der Waals surface area contributed by atoms with Gasteiger partial charge < -0.3 is 9.64 Å². The maximum Gasteiger partial charge on any atom is 0.258 e. The summed E-state index contributed by atoms with van der Waals surface area (Å²) in [5, 5.41) is 0. The third-order valence-corrected chi connectivity index (χ3v) is 4.28. The molecule has 4 heteroatoms. The van der Waals surface area contributed by atoms with Crippen molar-refractivity contribution in [2.75, 3.05) is 18.1 Å². The van der Waals surface area contributed by atoms with Crippen molar-refractivity contribution in [1.82, 2.24) is 4.98 Å². The number of carbonyl (C=O) groups is 1. The summed E-state index contributed by atoms with van der Waals surface area (Å²) < 4.78 is 5.67. The molecule has 1 aromatic carbocycles. The van der Waals surface area contributed by atoms with Gasteiger partial charge in [0, 0.05) is 30.1 Å². The lowest BCUT2D eigenvalue weighted by molar-refractivity contribution is 0.0988. The smallest absolute Gasteiger partial charge is 0.258 e. The minimum absolute atomic E-state index is 0.0172. The highest BCUT2D eigenvalue weighted by molar-refractivity contribution is 6.07. The van der Waals surface area contributed by atoms with Crippen LogP contribution in [0.5, 0.6) is 5.88 Å².